The van der Waals surface area contributed by atoms with Crippen molar-refractivity contribution in [2.24, 2.45) is 0 Å². The first-order valence-electron chi connectivity index (χ1n) is 7.21. The molecule has 1 aliphatic heterocycles. The number of nitrogens with zero attached hydrogens (tertiary/aromatic N) is 3. The van der Waals surface area contributed by atoms with Crippen molar-refractivity contribution < 1.29 is 18.3 Å². The maximum absolute atomic E-state index is 12.0. The highest BCUT2D eigenvalue weighted by Gasteiger charge is 2.20. The van der Waals surface area contributed by atoms with Crippen molar-refractivity contribution in [2.75, 3.05) is 25.1 Å². The van der Waals surface area contributed by atoms with Gasteiger partial charge in [-0.25, -0.2) is 4.98 Å². The zero-order valence-corrected chi connectivity index (χ0v) is 12.2. The van der Waals surface area contributed by atoms with Crippen molar-refractivity contribution in [3.8, 4) is 0 Å². The summed E-state index contributed by atoms with van der Waals surface area (Å²) in [5, 5.41) is 3.91. The summed E-state index contributed by atoms with van der Waals surface area (Å²) >= 11 is 0. The van der Waals surface area contributed by atoms with Gasteiger partial charge in [0.15, 0.2) is 0 Å². The number of fused-ring (bicyclic) bond motifs is 1. The summed E-state index contributed by atoms with van der Waals surface area (Å²) in [5.41, 5.74) is 0.815. The predicted molar refractivity (Wildman–Crippen MR) is 77.0 cm³/mol. The third-order valence-electron chi connectivity index (χ3n) is 3.60. The lowest BCUT2D eigenvalue weighted by atomic mass is 10.2. The van der Waals surface area contributed by atoms with Crippen LogP contribution >= 0.6 is 0 Å². The molecule has 0 aromatic carbocycles. The molecule has 0 amide bonds. The van der Waals surface area contributed by atoms with E-state index in [1.807, 2.05) is 12.3 Å². The Balaban J connectivity index is 1.75. The van der Waals surface area contributed by atoms with Gasteiger partial charge in [-0.3, -0.25) is 0 Å². The van der Waals surface area contributed by atoms with E-state index in [1.165, 1.54) is 0 Å². The lowest BCUT2D eigenvalue weighted by Crippen LogP contribution is -2.24. The van der Waals surface area contributed by atoms with E-state index in [4.69, 9.17) is 4.74 Å². The fourth-order valence-corrected chi connectivity index (χ4v) is 2.52. The number of aromatic nitrogens is 3. The van der Waals surface area contributed by atoms with Crippen molar-refractivity contribution in [2.45, 2.75) is 32.0 Å². The van der Waals surface area contributed by atoms with Crippen molar-refractivity contribution >= 4 is 17.0 Å². The first-order chi connectivity index (χ1) is 10.6. The fourth-order valence-electron chi connectivity index (χ4n) is 2.52. The highest BCUT2D eigenvalue weighted by atomic mass is 19.3. The van der Waals surface area contributed by atoms with Gasteiger partial charge in [-0.1, -0.05) is 0 Å². The molecule has 6 nitrogen and oxygen atoms in total. The third kappa shape index (κ3) is 3.33. The zero-order valence-electron chi connectivity index (χ0n) is 12.2. The Morgan fingerprint density at radius 3 is 3.14 bits per heavy atom. The molecule has 22 heavy (non-hydrogen) atoms. The van der Waals surface area contributed by atoms with Gasteiger partial charge >= 0.3 is 6.61 Å². The van der Waals surface area contributed by atoms with E-state index in [2.05, 4.69) is 24.6 Å². The lowest BCUT2D eigenvalue weighted by molar-refractivity contribution is -0.130. The van der Waals surface area contributed by atoms with E-state index >= 15 is 0 Å². The molecule has 2 aromatic rings. The van der Waals surface area contributed by atoms with Gasteiger partial charge in [0, 0.05) is 30.4 Å². The Morgan fingerprint density at radius 1 is 1.55 bits per heavy atom. The average Bonchev–Trinajstić information content (AvgIpc) is 3.13. The molecule has 1 aliphatic rings. The molecule has 3 rings (SSSR count). The first kappa shape index (κ1) is 15.1. The minimum absolute atomic E-state index is 0.115. The maximum atomic E-state index is 12.0. The summed E-state index contributed by atoms with van der Waals surface area (Å²) < 4.78 is 35.8. The molecule has 1 saturated heterocycles. The SMILES string of the molecule is CC(COC(F)F)Nc1ncc2ccn([C@@H]3CCOC3)c2n1. The monoisotopic (exact) mass is 312 g/mol. The molecule has 0 aliphatic carbocycles. The fraction of sp³-hybridized carbons (Fsp3) is 0.571. The summed E-state index contributed by atoms with van der Waals surface area (Å²) in [6.07, 6.45) is 4.65. The van der Waals surface area contributed by atoms with Crippen LogP contribution in [0.25, 0.3) is 11.0 Å². The number of anilines is 1. The van der Waals surface area contributed by atoms with Crippen LogP contribution in [0, 0.1) is 0 Å². The Kier molecular flexibility index (Phi) is 4.49. The van der Waals surface area contributed by atoms with Gasteiger partial charge in [0.25, 0.3) is 0 Å². The number of hydrogen-bond donors (Lipinski definition) is 1. The van der Waals surface area contributed by atoms with E-state index in [0.29, 0.717) is 12.6 Å². The van der Waals surface area contributed by atoms with Crippen LogP contribution in [-0.4, -0.2) is 47.0 Å². The molecule has 0 bridgehead atoms. The minimum atomic E-state index is -2.77. The largest absolute Gasteiger partial charge is 0.379 e. The van der Waals surface area contributed by atoms with Crippen molar-refractivity contribution in [1.82, 2.24) is 14.5 Å². The Morgan fingerprint density at radius 2 is 2.41 bits per heavy atom. The van der Waals surface area contributed by atoms with Gasteiger partial charge in [-0.05, 0) is 19.4 Å². The maximum Gasteiger partial charge on any atom is 0.345 e. The quantitative estimate of drug-likeness (QED) is 0.887. The highest BCUT2D eigenvalue weighted by molar-refractivity contribution is 5.76. The summed E-state index contributed by atoms with van der Waals surface area (Å²) in [4.78, 5) is 8.69. The van der Waals surface area contributed by atoms with E-state index in [9.17, 15) is 8.78 Å². The lowest BCUT2D eigenvalue weighted by Gasteiger charge is -2.15. The van der Waals surface area contributed by atoms with Crippen LogP contribution in [0.1, 0.15) is 19.4 Å². The second kappa shape index (κ2) is 6.53. The number of hydrogen-bond acceptors (Lipinski definition) is 5. The predicted octanol–water partition coefficient (Wildman–Crippen LogP) is 2.43. The minimum Gasteiger partial charge on any atom is -0.379 e. The molecule has 1 fully saturated rings. The van der Waals surface area contributed by atoms with Gasteiger partial charge in [0.1, 0.15) is 5.65 Å². The Hall–Kier alpha value is -1.80. The topological polar surface area (TPSA) is 61.2 Å². The standard InChI is InChI=1S/C14H18F2N4O2/c1-9(7-22-13(15)16)18-14-17-6-10-2-4-20(12(10)19-14)11-3-5-21-8-11/h2,4,6,9,11,13H,3,5,7-8H2,1H3,(H,17,18,19)/t9?,11-/m1/s1. The third-order valence-corrected chi connectivity index (χ3v) is 3.60. The summed E-state index contributed by atoms with van der Waals surface area (Å²) in [6, 6.07) is 1.92. The number of nitrogens with one attached hydrogen (secondary N) is 1. The zero-order chi connectivity index (χ0) is 15.5. The van der Waals surface area contributed by atoms with Gasteiger partial charge in [0.05, 0.1) is 19.3 Å². The molecule has 0 saturated carbocycles. The molecular weight excluding hydrogens is 294 g/mol. The number of halogens is 2. The molecule has 0 radical (unpaired) electrons. The molecule has 1 unspecified atom stereocenters. The van der Waals surface area contributed by atoms with E-state index in [1.54, 1.807) is 13.1 Å². The number of rotatable bonds is 6. The van der Waals surface area contributed by atoms with Crippen LogP contribution in [0.4, 0.5) is 14.7 Å². The molecule has 3 heterocycles. The van der Waals surface area contributed by atoms with Crippen LogP contribution in [0.3, 0.4) is 0 Å². The smallest absolute Gasteiger partial charge is 0.345 e. The van der Waals surface area contributed by atoms with Crippen molar-refractivity contribution in [3.63, 3.8) is 0 Å². The van der Waals surface area contributed by atoms with E-state index < -0.39 is 6.61 Å². The van der Waals surface area contributed by atoms with Crippen LogP contribution in [0.5, 0.6) is 0 Å². The number of ether oxygens (including phenoxy) is 2. The molecule has 1 N–H and O–H groups in total. The van der Waals surface area contributed by atoms with Crippen LogP contribution in [-0.2, 0) is 9.47 Å². The van der Waals surface area contributed by atoms with E-state index in [0.717, 1.165) is 24.1 Å². The molecule has 120 valence electrons. The molecule has 2 atom stereocenters. The molecule has 2 aromatic heterocycles. The normalized spacial score (nSPS) is 19.9. The second-order valence-electron chi connectivity index (χ2n) is 5.35. The summed E-state index contributed by atoms with van der Waals surface area (Å²) in [7, 11) is 0. The van der Waals surface area contributed by atoms with Crippen LogP contribution in [0.2, 0.25) is 0 Å². The van der Waals surface area contributed by atoms with Crippen molar-refractivity contribution in [1.29, 1.82) is 0 Å². The molecule has 8 heteroatoms. The molecular formula is C14H18F2N4O2. The molecule has 0 spiro atoms. The average molecular weight is 312 g/mol. The Labute approximate surface area is 126 Å². The van der Waals surface area contributed by atoms with Gasteiger partial charge < -0.3 is 19.4 Å². The number of alkyl halides is 2. The van der Waals surface area contributed by atoms with Gasteiger partial charge in [0.2, 0.25) is 5.95 Å². The van der Waals surface area contributed by atoms with Gasteiger partial charge in [-0.15, -0.1) is 0 Å². The van der Waals surface area contributed by atoms with E-state index in [-0.39, 0.29) is 18.7 Å². The van der Waals surface area contributed by atoms with Crippen LogP contribution in [0.15, 0.2) is 18.5 Å². The second-order valence-corrected chi connectivity index (χ2v) is 5.35. The van der Waals surface area contributed by atoms with Crippen molar-refractivity contribution in [3.05, 3.63) is 18.5 Å². The summed E-state index contributed by atoms with van der Waals surface area (Å²) in [5.74, 6) is 0.400. The highest BCUT2D eigenvalue weighted by Crippen LogP contribution is 2.24. The van der Waals surface area contributed by atoms with Crippen LogP contribution < -0.4 is 5.32 Å². The summed E-state index contributed by atoms with van der Waals surface area (Å²) in [6.45, 7) is 0.279. The Bertz CT molecular complexity index is 628. The van der Waals surface area contributed by atoms with Gasteiger partial charge in [-0.2, -0.15) is 13.8 Å². The first-order valence-corrected chi connectivity index (χ1v) is 7.21.